The maximum absolute atomic E-state index is 13.3. The lowest BCUT2D eigenvalue weighted by atomic mass is 10.0. The zero-order valence-electron chi connectivity index (χ0n) is 20.4. The van der Waals surface area contributed by atoms with Gasteiger partial charge in [-0.3, -0.25) is 9.78 Å². The lowest BCUT2D eigenvalue weighted by molar-refractivity contribution is -0.286. The molecular formula is C26H26F2N4O5. The molecule has 2 aromatic heterocycles. The molecule has 11 heteroatoms. The van der Waals surface area contributed by atoms with E-state index in [9.17, 15) is 13.6 Å². The topological polar surface area (TPSA) is 95.0 Å². The first-order valence-corrected chi connectivity index (χ1v) is 12.0. The van der Waals surface area contributed by atoms with Gasteiger partial charge in [-0.15, -0.1) is 8.78 Å². The fraction of sp³-hybridized carbons (Fsp3) is 0.346. The van der Waals surface area contributed by atoms with E-state index in [1.54, 1.807) is 0 Å². The number of ether oxygens (including phenoxy) is 4. The van der Waals surface area contributed by atoms with E-state index in [1.807, 2.05) is 32.0 Å². The molecular weight excluding hydrogens is 486 g/mol. The quantitative estimate of drug-likeness (QED) is 0.489. The summed E-state index contributed by atoms with van der Waals surface area (Å²) in [5, 5.41) is 2.78. The third-order valence-electron chi connectivity index (χ3n) is 5.90. The van der Waals surface area contributed by atoms with Crippen molar-refractivity contribution in [1.29, 1.82) is 0 Å². The van der Waals surface area contributed by atoms with Gasteiger partial charge in [-0.05, 0) is 49.2 Å². The van der Waals surface area contributed by atoms with E-state index in [0.717, 1.165) is 42.1 Å². The van der Waals surface area contributed by atoms with Crippen LogP contribution in [0.3, 0.4) is 0 Å². The van der Waals surface area contributed by atoms with E-state index >= 15 is 0 Å². The summed E-state index contributed by atoms with van der Waals surface area (Å²) in [7, 11) is 0. The maximum atomic E-state index is 13.3. The summed E-state index contributed by atoms with van der Waals surface area (Å²) in [6, 6.07) is 9.50. The standard InChI is InChI=1S/C26H26F2N4O5/c1-3-8-35-24-13-18(12-23(31-24)32-6-9-34-10-7-32)20-14-19(15-29-16(20)2)30-25(33)17-4-5-21-22(11-17)37-26(27,28)36-21/h4-5,11-15H,3,6-10H2,1-2H3,(H,30,33). The van der Waals surface area contributed by atoms with E-state index in [0.29, 0.717) is 31.4 Å². The second kappa shape index (κ2) is 10.2. The molecule has 0 saturated carbocycles. The van der Waals surface area contributed by atoms with Crippen LogP contribution in [0.1, 0.15) is 29.4 Å². The van der Waals surface area contributed by atoms with Crippen molar-refractivity contribution in [3.63, 3.8) is 0 Å². The van der Waals surface area contributed by atoms with Gasteiger partial charge in [0.1, 0.15) is 5.82 Å². The van der Waals surface area contributed by atoms with Crippen LogP contribution in [-0.2, 0) is 4.74 Å². The molecule has 1 fully saturated rings. The predicted octanol–water partition coefficient (Wildman–Crippen LogP) is 4.65. The molecule has 9 nitrogen and oxygen atoms in total. The van der Waals surface area contributed by atoms with Crippen molar-refractivity contribution < 1.29 is 32.5 Å². The SMILES string of the molecule is CCCOc1cc(-c2cc(NC(=O)c3ccc4c(c3)OC(F)(F)O4)cnc2C)cc(N2CCOCC2)n1. The van der Waals surface area contributed by atoms with Crippen LogP contribution >= 0.6 is 0 Å². The van der Waals surface area contributed by atoms with E-state index in [4.69, 9.17) is 9.47 Å². The summed E-state index contributed by atoms with van der Waals surface area (Å²) in [5.74, 6) is 0.446. The lowest BCUT2D eigenvalue weighted by Crippen LogP contribution is -2.36. The number of nitrogens with one attached hydrogen (secondary N) is 1. The highest BCUT2D eigenvalue weighted by molar-refractivity contribution is 6.05. The summed E-state index contributed by atoms with van der Waals surface area (Å²) in [5.41, 5.74) is 2.96. The lowest BCUT2D eigenvalue weighted by Gasteiger charge is -2.28. The highest BCUT2D eigenvalue weighted by Gasteiger charge is 2.43. The number of fused-ring (bicyclic) bond motifs is 1. The molecule has 1 saturated heterocycles. The molecule has 3 aromatic rings. The van der Waals surface area contributed by atoms with Crippen molar-refractivity contribution in [3.8, 4) is 28.5 Å². The number of rotatable bonds is 7. The zero-order valence-corrected chi connectivity index (χ0v) is 20.4. The highest BCUT2D eigenvalue weighted by atomic mass is 19.3. The molecule has 1 amide bonds. The van der Waals surface area contributed by atoms with E-state index in [2.05, 4.69) is 29.7 Å². The predicted molar refractivity (Wildman–Crippen MR) is 132 cm³/mol. The number of benzene rings is 1. The number of morpholine rings is 1. The van der Waals surface area contributed by atoms with Gasteiger partial charge in [0.05, 0.1) is 31.7 Å². The number of alkyl halides is 2. The molecule has 0 atom stereocenters. The molecule has 0 unspecified atom stereocenters. The molecule has 0 radical (unpaired) electrons. The van der Waals surface area contributed by atoms with Crippen LogP contribution in [0.25, 0.3) is 11.1 Å². The van der Waals surface area contributed by atoms with Crippen LogP contribution in [-0.4, -0.2) is 55.1 Å². The Bertz CT molecular complexity index is 1310. The van der Waals surface area contributed by atoms with Gasteiger partial charge in [0, 0.05) is 36.0 Å². The first-order chi connectivity index (χ1) is 17.8. The first kappa shape index (κ1) is 24.7. The van der Waals surface area contributed by atoms with Gasteiger partial charge < -0.3 is 29.2 Å². The molecule has 0 aliphatic carbocycles. The fourth-order valence-corrected chi connectivity index (χ4v) is 4.07. The average Bonchev–Trinajstić information content (AvgIpc) is 3.21. The zero-order chi connectivity index (χ0) is 26.0. The Morgan fingerprint density at radius 1 is 1.14 bits per heavy atom. The molecule has 37 heavy (non-hydrogen) atoms. The normalized spacial score (nSPS) is 15.9. The highest BCUT2D eigenvalue weighted by Crippen LogP contribution is 2.41. The minimum atomic E-state index is -3.75. The first-order valence-electron chi connectivity index (χ1n) is 12.0. The Hall–Kier alpha value is -3.99. The summed E-state index contributed by atoms with van der Waals surface area (Å²) in [6.45, 7) is 7.12. The van der Waals surface area contributed by atoms with Gasteiger partial charge >= 0.3 is 6.29 Å². The van der Waals surface area contributed by atoms with Crippen molar-refractivity contribution in [2.24, 2.45) is 0 Å². The van der Waals surface area contributed by atoms with Gasteiger partial charge in [-0.25, -0.2) is 0 Å². The second-order valence-electron chi connectivity index (χ2n) is 8.64. The maximum Gasteiger partial charge on any atom is 0.586 e. The van der Waals surface area contributed by atoms with Gasteiger partial charge in [0.25, 0.3) is 5.91 Å². The Labute approximate surface area is 212 Å². The number of halogens is 2. The van der Waals surface area contributed by atoms with E-state index < -0.39 is 12.2 Å². The number of hydrogen-bond acceptors (Lipinski definition) is 8. The summed E-state index contributed by atoms with van der Waals surface area (Å²) < 4.78 is 46.8. The van der Waals surface area contributed by atoms with Gasteiger partial charge in [0.2, 0.25) is 5.88 Å². The molecule has 0 spiro atoms. The Kier molecular flexibility index (Phi) is 6.79. The molecule has 4 heterocycles. The third kappa shape index (κ3) is 5.56. The average molecular weight is 513 g/mol. The smallest absolute Gasteiger partial charge is 0.478 e. The van der Waals surface area contributed by atoms with E-state index in [-0.39, 0.29) is 17.1 Å². The number of carbonyl (C=O) groups excluding carboxylic acids is 1. The Morgan fingerprint density at radius 3 is 2.70 bits per heavy atom. The Balaban J connectivity index is 1.42. The number of pyridine rings is 2. The van der Waals surface area contributed by atoms with Crippen molar-refractivity contribution in [1.82, 2.24) is 9.97 Å². The van der Waals surface area contributed by atoms with Crippen molar-refractivity contribution in [3.05, 3.63) is 53.9 Å². The largest absolute Gasteiger partial charge is 0.586 e. The third-order valence-corrected chi connectivity index (χ3v) is 5.90. The number of amides is 1. The molecule has 5 rings (SSSR count). The number of aryl methyl sites for hydroxylation is 1. The fourth-order valence-electron chi connectivity index (χ4n) is 4.07. The minimum absolute atomic E-state index is 0.129. The molecule has 2 aliphatic heterocycles. The van der Waals surface area contributed by atoms with E-state index in [1.165, 1.54) is 24.4 Å². The van der Waals surface area contributed by atoms with Gasteiger partial charge in [-0.2, -0.15) is 4.98 Å². The summed E-state index contributed by atoms with van der Waals surface area (Å²) in [4.78, 5) is 24.2. The number of aromatic nitrogens is 2. The van der Waals surface area contributed by atoms with Crippen LogP contribution in [0.5, 0.6) is 17.4 Å². The molecule has 0 bridgehead atoms. The van der Waals surface area contributed by atoms with Gasteiger partial charge in [-0.1, -0.05) is 6.92 Å². The Morgan fingerprint density at radius 2 is 1.92 bits per heavy atom. The van der Waals surface area contributed by atoms with Crippen LogP contribution in [0.15, 0.2) is 42.6 Å². The molecule has 1 N–H and O–H groups in total. The minimum Gasteiger partial charge on any atom is -0.478 e. The van der Waals surface area contributed by atoms with Crippen molar-refractivity contribution in [2.75, 3.05) is 43.1 Å². The van der Waals surface area contributed by atoms with Crippen molar-refractivity contribution >= 4 is 17.4 Å². The number of carbonyl (C=O) groups is 1. The van der Waals surface area contributed by atoms with Gasteiger partial charge in [0.15, 0.2) is 11.5 Å². The monoisotopic (exact) mass is 512 g/mol. The van der Waals surface area contributed by atoms with Crippen LogP contribution in [0, 0.1) is 6.92 Å². The van der Waals surface area contributed by atoms with Crippen LogP contribution < -0.4 is 24.4 Å². The molecule has 2 aliphatic rings. The van der Waals surface area contributed by atoms with Crippen LogP contribution in [0.2, 0.25) is 0 Å². The molecule has 1 aromatic carbocycles. The number of anilines is 2. The second-order valence-corrected chi connectivity index (χ2v) is 8.64. The molecule has 194 valence electrons. The summed E-state index contributed by atoms with van der Waals surface area (Å²) in [6.07, 6.45) is -1.37. The number of nitrogens with zero attached hydrogens (tertiary/aromatic N) is 3. The summed E-state index contributed by atoms with van der Waals surface area (Å²) >= 11 is 0. The van der Waals surface area contributed by atoms with Crippen molar-refractivity contribution in [2.45, 2.75) is 26.6 Å². The van der Waals surface area contributed by atoms with Crippen LogP contribution in [0.4, 0.5) is 20.3 Å². The number of hydrogen-bond donors (Lipinski definition) is 1.